The summed E-state index contributed by atoms with van der Waals surface area (Å²) in [5, 5.41) is 3.00. The molecule has 1 aromatic rings. The number of rotatable bonds is 3. The molecule has 3 N–H and O–H groups in total. The first-order valence-electron chi connectivity index (χ1n) is 7.04. The summed E-state index contributed by atoms with van der Waals surface area (Å²) in [5.74, 6) is 0.0610. The molecule has 1 aliphatic heterocycles. The predicted molar refractivity (Wildman–Crippen MR) is 85.8 cm³/mol. The van der Waals surface area contributed by atoms with E-state index in [1.165, 1.54) is 5.69 Å². The van der Waals surface area contributed by atoms with Crippen molar-refractivity contribution >= 4 is 27.5 Å². The number of piperidine rings is 1. The third-order valence-electron chi connectivity index (χ3n) is 3.74. The van der Waals surface area contributed by atoms with Gasteiger partial charge in [0, 0.05) is 36.6 Å². The van der Waals surface area contributed by atoms with Crippen molar-refractivity contribution in [1.82, 2.24) is 5.32 Å². The Morgan fingerprint density at radius 2 is 2.10 bits per heavy atom. The van der Waals surface area contributed by atoms with Gasteiger partial charge >= 0.3 is 0 Å². The number of hydrogen-bond acceptors (Lipinski definition) is 3. The summed E-state index contributed by atoms with van der Waals surface area (Å²) < 4.78 is 1.09. The molecular formula is C15H22BrN3O. The van der Waals surface area contributed by atoms with Crippen LogP contribution < -0.4 is 16.0 Å². The van der Waals surface area contributed by atoms with Crippen LogP contribution in [0, 0.1) is 0 Å². The number of carbonyl (C=O) groups is 1. The predicted octanol–water partition coefficient (Wildman–Crippen LogP) is 2.57. The van der Waals surface area contributed by atoms with Crippen LogP contribution in [0.5, 0.6) is 0 Å². The van der Waals surface area contributed by atoms with Crippen LogP contribution in [-0.4, -0.2) is 25.0 Å². The molecule has 0 radical (unpaired) electrons. The van der Waals surface area contributed by atoms with Crippen LogP contribution >= 0.6 is 15.9 Å². The summed E-state index contributed by atoms with van der Waals surface area (Å²) >= 11 is 3.64. The molecule has 0 aromatic heterocycles. The Hall–Kier alpha value is -1.07. The smallest absolute Gasteiger partial charge is 0.217 e. The lowest BCUT2D eigenvalue weighted by atomic mass is 10.0. The van der Waals surface area contributed by atoms with Gasteiger partial charge in [0.1, 0.15) is 0 Å². The van der Waals surface area contributed by atoms with Gasteiger partial charge in [0.15, 0.2) is 0 Å². The number of nitrogens with zero attached hydrogens (tertiary/aromatic N) is 1. The van der Waals surface area contributed by atoms with Gasteiger partial charge in [-0.3, -0.25) is 4.79 Å². The largest absolute Gasteiger partial charge is 0.370 e. The second-order valence-electron chi connectivity index (χ2n) is 5.46. The van der Waals surface area contributed by atoms with E-state index in [0.717, 1.165) is 36.0 Å². The van der Waals surface area contributed by atoms with Crippen LogP contribution in [0.2, 0.25) is 0 Å². The fourth-order valence-electron chi connectivity index (χ4n) is 2.62. The molecule has 1 aromatic carbocycles. The summed E-state index contributed by atoms with van der Waals surface area (Å²) in [6.07, 6.45) is 1.97. The first-order chi connectivity index (χ1) is 9.47. The van der Waals surface area contributed by atoms with Gasteiger partial charge in [0.05, 0.1) is 5.69 Å². The van der Waals surface area contributed by atoms with Crippen molar-refractivity contribution < 1.29 is 4.79 Å². The first-order valence-corrected chi connectivity index (χ1v) is 7.83. The highest BCUT2D eigenvalue weighted by atomic mass is 79.9. The number of carbonyl (C=O) groups excluding carboxylic acids is 1. The highest BCUT2D eigenvalue weighted by molar-refractivity contribution is 9.10. The molecule has 20 heavy (non-hydrogen) atoms. The lowest BCUT2D eigenvalue weighted by molar-refractivity contribution is -0.119. The molecule has 5 heteroatoms. The second-order valence-corrected chi connectivity index (χ2v) is 6.32. The fraction of sp³-hybridized carbons (Fsp3) is 0.533. The number of amides is 1. The van der Waals surface area contributed by atoms with E-state index in [1.807, 2.05) is 6.92 Å². The zero-order valence-corrected chi connectivity index (χ0v) is 13.6. The van der Waals surface area contributed by atoms with Crippen molar-refractivity contribution in [1.29, 1.82) is 0 Å². The average Bonchev–Trinajstić information content (AvgIpc) is 2.39. The third kappa shape index (κ3) is 3.73. The van der Waals surface area contributed by atoms with Crippen LogP contribution in [0.4, 0.5) is 5.69 Å². The number of benzene rings is 1. The van der Waals surface area contributed by atoms with Gasteiger partial charge in [-0.1, -0.05) is 6.07 Å². The Bertz CT molecular complexity index is 482. The van der Waals surface area contributed by atoms with Crippen molar-refractivity contribution in [3.8, 4) is 0 Å². The zero-order chi connectivity index (χ0) is 14.7. The molecule has 110 valence electrons. The van der Waals surface area contributed by atoms with Gasteiger partial charge in [-0.05, 0) is 53.4 Å². The van der Waals surface area contributed by atoms with E-state index in [-0.39, 0.29) is 11.9 Å². The molecule has 1 fully saturated rings. The molecule has 1 amide bonds. The Balaban J connectivity index is 2.02. The van der Waals surface area contributed by atoms with E-state index in [9.17, 15) is 4.79 Å². The maximum Gasteiger partial charge on any atom is 0.217 e. The third-order valence-corrected chi connectivity index (χ3v) is 4.38. The summed E-state index contributed by atoms with van der Waals surface area (Å²) in [7, 11) is 0. The minimum Gasteiger partial charge on any atom is -0.370 e. The lowest BCUT2D eigenvalue weighted by Crippen LogP contribution is -2.44. The minimum absolute atomic E-state index is 0.0471. The number of nitrogens with two attached hydrogens (primary N) is 1. The van der Waals surface area contributed by atoms with E-state index in [0.29, 0.717) is 6.04 Å². The second kappa shape index (κ2) is 6.59. The zero-order valence-electron chi connectivity index (χ0n) is 12.0. The Morgan fingerprint density at radius 1 is 1.45 bits per heavy atom. The first kappa shape index (κ1) is 15.3. The number of nitrogens with one attached hydrogen (secondary N) is 1. The molecular weight excluding hydrogens is 318 g/mol. The molecule has 1 heterocycles. The maximum atomic E-state index is 11.1. The molecule has 2 rings (SSSR count). The number of anilines is 1. The molecule has 0 spiro atoms. The fourth-order valence-corrected chi connectivity index (χ4v) is 3.26. The van der Waals surface area contributed by atoms with Gasteiger partial charge < -0.3 is 16.0 Å². The van der Waals surface area contributed by atoms with Crippen molar-refractivity contribution in [3.05, 3.63) is 28.2 Å². The number of halogens is 1. The van der Waals surface area contributed by atoms with Crippen molar-refractivity contribution in [2.24, 2.45) is 5.73 Å². The SMILES string of the molecule is CC(=O)NC1CCN(c2ccc([C@H](C)N)cc2Br)CC1. The van der Waals surface area contributed by atoms with E-state index in [2.05, 4.69) is 44.3 Å². The molecule has 0 bridgehead atoms. The van der Waals surface area contributed by atoms with Gasteiger partial charge in [-0.2, -0.15) is 0 Å². The van der Waals surface area contributed by atoms with Crippen molar-refractivity contribution in [2.45, 2.75) is 38.8 Å². The molecule has 1 aliphatic rings. The molecule has 0 aliphatic carbocycles. The van der Waals surface area contributed by atoms with Gasteiger partial charge in [0.2, 0.25) is 5.91 Å². The summed E-state index contributed by atoms with van der Waals surface area (Å²) in [4.78, 5) is 13.4. The normalized spacial score (nSPS) is 17.9. The van der Waals surface area contributed by atoms with Gasteiger partial charge in [0.25, 0.3) is 0 Å². The van der Waals surface area contributed by atoms with Crippen molar-refractivity contribution in [3.63, 3.8) is 0 Å². The van der Waals surface area contributed by atoms with Crippen LogP contribution in [0.1, 0.15) is 38.3 Å². The van der Waals surface area contributed by atoms with E-state index < -0.39 is 0 Å². The monoisotopic (exact) mass is 339 g/mol. The van der Waals surface area contributed by atoms with Gasteiger partial charge in [-0.25, -0.2) is 0 Å². The highest BCUT2D eigenvalue weighted by Gasteiger charge is 2.21. The van der Waals surface area contributed by atoms with Crippen LogP contribution in [0.3, 0.4) is 0 Å². The van der Waals surface area contributed by atoms with Crippen LogP contribution in [0.25, 0.3) is 0 Å². The molecule has 1 atom stereocenters. The highest BCUT2D eigenvalue weighted by Crippen LogP contribution is 2.30. The Morgan fingerprint density at radius 3 is 2.60 bits per heavy atom. The van der Waals surface area contributed by atoms with Crippen LogP contribution in [-0.2, 0) is 4.79 Å². The van der Waals surface area contributed by atoms with Gasteiger partial charge in [-0.15, -0.1) is 0 Å². The minimum atomic E-state index is 0.0471. The maximum absolute atomic E-state index is 11.1. The quantitative estimate of drug-likeness (QED) is 0.889. The number of hydrogen-bond donors (Lipinski definition) is 2. The van der Waals surface area contributed by atoms with Crippen molar-refractivity contribution in [2.75, 3.05) is 18.0 Å². The Labute approximate surface area is 128 Å². The molecule has 0 unspecified atom stereocenters. The summed E-state index contributed by atoms with van der Waals surface area (Å²) in [6, 6.07) is 6.67. The lowest BCUT2D eigenvalue weighted by Gasteiger charge is -2.34. The summed E-state index contributed by atoms with van der Waals surface area (Å²) in [5.41, 5.74) is 8.24. The van der Waals surface area contributed by atoms with E-state index in [1.54, 1.807) is 6.92 Å². The standard InChI is InChI=1S/C15H22BrN3O/c1-10(17)12-3-4-15(14(16)9-12)19-7-5-13(6-8-19)18-11(2)20/h3-4,9-10,13H,5-8,17H2,1-2H3,(H,18,20)/t10-/m0/s1. The molecule has 4 nitrogen and oxygen atoms in total. The van der Waals surface area contributed by atoms with Crippen LogP contribution in [0.15, 0.2) is 22.7 Å². The van der Waals surface area contributed by atoms with E-state index >= 15 is 0 Å². The molecule has 0 saturated carbocycles. The topological polar surface area (TPSA) is 58.4 Å². The molecule has 1 saturated heterocycles. The summed E-state index contributed by atoms with van der Waals surface area (Å²) in [6.45, 7) is 5.48. The average molecular weight is 340 g/mol. The van der Waals surface area contributed by atoms with E-state index in [4.69, 9.17) is 5.73 Å². The Kier molecular flexibility index (Phi) is 5.05.